The first-order valence-corrected chi connectivity index (χ1v) is 9.47. The number of aryl methyl sites for hydroxylation is 2. The molecule has 7 nitrogen and oxygen atoms in total. The van der Waals surface area contributed by atoms with Gasteiger partial charge in [-0.25, -0.2) is 4.99 Å². The molecule has 1 fully saturated rings. The maximum atomic E-state index is 6.18. The lowest BCUT2D eigenvalue weighted by Crippen LogP contribution is -2.37. The van der Waals surface area contributed by atoms with Gasteiger partial charge in [0.15, 0.2) is 5.96 Å². The molecule has 1 aromatic heterocycles. The van der Waals surface area contributed by atoms with Crippen molar-refractivity contribution < 1.29 is 9.47 Å². The molecule has 8 heteroatoms. The van der Waals surface area contributed by atoms with Crippen molar-refractivity contribution in [2.24, 2.45) is 12.0 Å². The van der Waals surface area contributed by atoms with Crippen LogP contribution in [0, 0.1) is 6.92 Å². The first-order chi connectivity index (χ1) is 13.1. The highest BCUT2D eigenvalue weighted by Gasteiger charge is 2.18. The molecule has 2 aromatic rings. The van der Waals surface area contributed by atoms with E-state index in [0.29, 0.717) is 19.7 Å². The van der Waals surface area contributed by atoms with Gasteiger partial charge in [0.2, 0.25) is 0 Å². The van der Waals surface area contributed by atoms with Gasteiger partial charge in [-0.05, 0) is 25.5 Å². The number of aliphatic imine (C=N–C) groups is 1. The topological polar surface area (TPSA) is 72.7 Å². The summed E-state index contributed by atoms with van der Waals surface area (Å²) in [5.41, 5.74) is 3.37. The van der Waals surface area contributed by atoms with Gasteiger partial charge in [-0.2, -0.15) is 5.10 Å². The molecule has 28 heavy (non-hydrogen) atoms. The van der Waals surface area contributed by atoms with Crippen molar-refractivity contribution in [2.75, 3.05) is 19.8 Å². The fraction of sp³-hybridized carbons (Fsp3) is 0.500. The third-order valence-electron chi connectivity index (χ3n) is 4.37. The molecule has 1 aromatic carbocycles. The van der Waals surface area contributed by atoms with Crippen LogP contribution in [0.3, 0.4) is 0 Å². The molecule has 1 aliphatic rings. The Bertz CT molecular complexity index is 772. The van der Waals surface area contributed by atoms with Gasteiger partial charge in [0.25, 0.3) is 0 Å². The quantitative estimate of drug-likeness (QED) is 0.348. The van der Waals surface area contributed by atoms with Crippen LogP contribution in [0.15, 0.2) is 35.6 Å². The van der Waals surface area contributed by atoms with E-state index in [1.54, 1.807) is 4.68 Å². The van der Waals surface area contributed by atoms with Crippen molar-refractivity contribution in [1.82, 2.24) is 20.4 Å². The van der Waals surface area contributed by atoms with Crippen LogP contribution in [0.2, 0.25) is 0 Å². The number of guanidine groups is 1. The van der Waals surface area contributed by atoms with Crippen molar-refractivity contribution in [1.29, 1.82) is 0 Å². The number of hydrogen-bond acceptors (Lipinski definition) is 4. The summed E-state index contributed by atoms with van der Waals surface area (Å²) >= 11 is 0. The van der Waals surface area contributed by atoms with E-state index < -0.39 is 0 Å². The van der Waals surface area contributed by atoms with E-state index in [1.807, 2.05) is 19.4 Å². The van der Waals surface area contributed by atoms with Gasteiger partial charge in [-0.1, -0.05) is 12.1 Å². The lowest BCUT2D eigenvalue weighted by atomic mass is 10.1. The molecule has 2 N–H and O–H groups in total. The maximum Gasteiger partial charge on any atom is 0.191 e. The minimum Gasteiger partial charge on any atom is -0.488 e. The average molecular weight is 499 g/mol. The van der Waals surface area contributed by atoms with E-state index in [2.05, 4.69) is 52.8 Å². The van der Waals surface area contributed by atoms with Crippen LogP contribution in [0.4, 0.5) is 0 Å². The first-order valence-electron chi connectivity index (χ1n) is 9.47. The molecule has 1 atom stereocenters. The summed E-state index contributed by atoms with van der Waals surface area (Å²) in [6, 6.07) is 6.31. The van der Waals surface area contributed by atoms with E-state index in [1.165, 1.54) is 5.56 Å². The Morgan fingerprint density at radius 3 is 2.93 bits per heavy atom. The van der Waals surface area contributed by atoms with Crippen molar-refractivity contribution >= 4 is 29.9 Å². The number of rotatable bonds is 7. The standard InChI is InChI=1S/C20H29N5O2.HI/c1-4-21-20(22-10-16-11-24-25(3)13-16)23-12-17-6-5-15(2)9-19(17)27-18-7-8-26-14-18;/h5-6,9,11,13,18H,4,7-8,10,12,14H2,1-3H3,(H2,21,22,23);1H. The molecule has 1 saturated heterocycles. The average Bonchev–Trinajstić information content (AvgIpc) is 3.30. The second kappa shape index (κ2) is 11.3. The predicted octanol–water partition coefficient (Wildman–Crippen LogP) is 2.77. The van der Waals surface area contributed by atoms with Crippen LogP contribution < -0.4 is 15.4 Å². The molecule has 1 unspecified atom stereocenters. The Morgan fingerprint density at radius 2 is 2.25 bits per heavy atom. The van der Waals surface area contributed by atoms with Gasteiger partial charge in [0, 0.05) is 43.9 Å². The predicted molar refractivity (Wildman–Crippen MR) is 121 cm³/mol. The summed E-state index contributed by atoms with van der Waals surface area (Å²) < 4.78 is 13.4. The number of benzene rings is 1. The van der Waals surface area contributed by atoms with Gasteiger partial charge in [-0.3, -0.25) is 4.68 Å². The molecule has 154 valence electrons. The Balaban J connectivity index is 0.00000280. The van der Waals surface area contributed by atoms with Crippen LogP contribution in [-0.2, 0) is 24.9 Å². The Hall–Kier alpha value is -1.81. The van der Waals surface area contributed by atoms with Gasteiger partial charge >= 0.3 is 0 Å². The van der Waals surface area contributed by atoms with E-state index in [4.69, 9.17) is 9.47 Å². The van der Waals surface area contributed by atoms with Crippen molar-refractivity contribution in [3.05, 3.63) is 47.3 Å². The molecule has 0 radical (unpaired) electrons. The highest BCUT2D eigenvalue weighted by molar-refractivity contribution is 14.0. The summed E-state index contributed by atoms with van der Waals surface area (Å²) in [6.45, 7) is 7.60. The summed E-state index contributed by atoms with van der Waals surface area (Å²) in [5.74, 6) is 1.69. The summed E-state index contributed by atoms with van der Waals surface area (Å²) in [5, 5.41) is 10.9. The summed E-state index contributed by atoms with van der Waals surface area (Å²) in [7, 11) is 1.91. The van der Waals surface area contributed by atoms with E-state index >= 15 is 0 Å². The molecule has 1 aliphatic heterocycles. The lowest BCUT2D eigenvalue weighted by Gasteiger charge is -2.18. The maximum absolute atomic E-state index is 6.18. The van der Waals surface area contributed by atoms with Crippen molar-refractivity contribution in [2.45, 2.75) is 39.5 Å². The van der Waals surface area contributed by atoms with Gasteiger partial charge < -0.3 is 20.1 Å². The smallest absolute Gasteiger partial charge is 0.191 e. The van der Waals surface area contributed by atoms with E-state index in [0.717, 1.165) is 42.4 Å². The second-order valence-electron chi connectivity index (χ2n) is 6.79. The molecule has 0 saturated carbocycles. The lowest BCUT2D eigenvalue weighted by molar-refractivity contribution is 0.140. The fourth-order valence-corrected chi connectivity index (χ4v) is 2.95. The van der Waals surface area contributed by atoms with Gasteiger partial charge in [0.1, 0.15) is 11.9 Å². The zero-order valence-corrected chi connectivity index (χ0v) is 19.1. The number of ether oxygens (including phenoxy) is 2. The molecule has 3 rings (SSSR count). The van der Waals surface area contributed by atoms with Crippen LogP contribution in [0.1, 0.15) is 30.0 Å². The van der Waals surface area contributed by atoms with Crippen molar-refractivity contribution in [3.63, 3.8) is 0 Å². The molecule has 0 bridgehead atoms. The van der Waals surface area contributed by atoms with E-state index in [9.17, 15) is 0 Å². The van der Waals surface area contributed by atoms with E-state index in [-0.39, 0.29) is 30.1 Å². The largest absolute Gasteiger partial charge is 0.488 e. The number of aromatic nitrogens is 2. The molecular weight excluding hydrogens is 469 g/mol. The Labute approximate surface area is 183 Å². The minimum absolute atomic E-state index is 0. The van der Waals surface area contributed by atoms with Crippen LogP contribution in [0.5, 0.6) is 5.75 Å². The summed E-state index contributed by atoms with van der Waals surface area (Å²) in [4.78, 5) is 4.64. The molecule has 2 heterocycles. The third-order valence-corrected chi connectivity index (χ3v) is 4.37. The van der Waals surface area contributed by atoms with Crippen LogP contribution in [0.25, 0.3) is 0 Å². The zero-order valence-electron chi connectivity index (χ0n) is 16.8. The molecular formula is C20H30IN5O2. The Morgan fingerprint density at radius 1 is 1.39 bits per heavy atom. The highest BCUT2D eigenvalue weighted by atomic mass is 127. The van der Waals surface area contributed by atoms with Crippen LogP contribution >= 0.6 is 24.0 Å². The molecule has 0 amide bonds. The van der Waals surface area contributed by atoms with Crippen LogP contribution in [-0.4, -0.2) is 41.6 Å². The second-order valence-corrected chi connectivity index (χ2v) is 6.79. The zero-order chi connectivity index (χ0) is 19.1. The molecule has 0 aliphatic carbocycles. The fourth-order valence-electron chi connectivity index (χ4n) is 2.95. The van der Waals surface area contributed by atoms with Gasteiger partial charge in [0.05, 0.1) is 26.0 Å². The summed E-state index contributed by atoms with van der Waals surface area (Å²) in [6.07, 6.45) is 4.89. The third kappa shape index (κ3) is 6.66. The first kappa shape index (κ1) is 22.5. The highest BCUT2D eigenvalue weighted by Crippen LogP contribution is 2.23. The number of nitrogens with one attached hydrogen (secondary N) is 2. The minimum atomic E-state index is 0. The van der Waals surface area contributed by atoms with Crippen molar-refractivity contribution in [3.8, 4) is 5.75 Å². The monoisotopic (exact) mass is 499 g/mol. The SMILES string of the molecule is CCNC(=NCc1cnn(C)c1)NCc1ccc(C)cc1OC1CCOC1.I. The normalized spacial score (nSPS) is 16.5. The molecule has 0 spiro atoms. The van der Waals surface area contributed by atoms with Gasteiger partial charge in [-0.15, -0.1) is 24.0 Å². The number of hydrogen-bond donors (Lipinski definition) is 2. The number of halogens is 1. The number of nitrogens with zero attached hydrogens (tertiary/aromatic N) is 3. The Kier molecular flexibility index (Phi) is 9.04.